The van der Waals surface area contributed by atoms with E-state index in [1.807, 2.05) is 13.0 Å². The number of rotatable bonds is 3. The average Bonchev–Trinajstić information content (AvgIpc) is 2.79. The van der Waals surface area contributed by atoms with Crippen molar-refractivity contribution in [1.29, 1.82) is 0 Å². The maximum atomic E-state index is 10.0. The van der Waals surface area contributed by atoms with Gasteiger partial charge in [-0.05, 0) is 81.1 Å². The van der Waals surface area contributed by atoms with Crippen molar-refractivity contribution < 1.29 is 5.11 Å². The van der Waals surface area contributed by atoms with E-state index in [2.05, 4.69) is 31.1 Å². The molecule has 2 aliphatic rings. The summed E-state index contributed by atoms with van der Waals surface area (Å²) in [5.41, 5.74) is 2.34. The van der Waals surface area contributed by atoms with Gasteiger partial charge in [0.2, 0.25) is 0 Å². The van der Waals surface area contributed by atoms with Gasteiger partial charge in [0, 0.05) is 6.54 Å². The zero-order valence-electron chi connectivity index (χ0n) is 13.0. The first-order chi connectivity index (χ1) is 9.54. The smallest absolute Gasteiger partial charge is 0.118 e. The van der Waals surface area contributed by atoms with Crippen molar-refractivity contribution in [2.24, 2.45) is 17.8 Å². The molecular weight excluding hydrogens is 246 g/mol. The highest BCUT2D eigenvalue weighted by Gasteiger charge is 2.42. The van der Waals surface area contributed by atoms with Crippen LogP contribution in [0.2, 0.25) is 0 Å². The number of fused-ring (bicyclic) bond motifs is 2. The van der Waals surface area contributed by atoms with Gasteiger partial charge in [0.1, 0.15) is 5.75 Å². The molecule has 2 aliphatic carbocycles. The van der Waals surface area contributed by atoms with Crippen molar-refractivity contribution in [1.82, 2.24) is 4.90 Å². The standard InChI is InChI=1S/C18H27NO/c1-12-4-6-15(10-18(12)20)16-9-13-5-7-14(8-13)17(16)11-19(2)3/h4,6,10,13-14,16-17,20H,5,7-9,11H2,1-3H3/t13-,14+,16?,17+/m1/s1. The Bertz CT molecular complexity index is 482. The molecule has 0 amide bonds. The lowest BCUT2D eigenvalue weighted by atomic mass is 9.69. The quantitative estimate of drug-likeness (QED) is 0.906. The van der Waals surface area contributed by atoms with E-state index in [0.29, 0.717) is 11.7 Å². The first-order valence-electron chi connectivity index (χ1n) is 7.99. The van der Waals surface area contributed by atoms with Crippen LogP contribution in [0.1, 0.15) is 42.7 Å². The third kappa shape index (κ3) is 2.58. The van der Waals surface area contributed by atoms with Gasteiger partial charge < -0.3 is 10.0 Å². The summed E-state index contributed by atoms with van der Waals surface area (Å²) < 4.78 is 0. The van der Waals surface area contributed by atoms with Crippen LogP contribution >= 0.6 is 0 Å². The molecule has 0 radical (unpaired) electrons. The molecule has 0 spiro atoms. The Kier molecular flexibility index (Phi) is 3.76. The van der Waals surface area contributed by atoms with Gasteiger partial charge in [-0.3, -0.25) is 0 Å². The summed E-state index contributed by atoms with van der Waals surface area (Å²) >= 11 is 0. The van der Waals surface area contributed by atoms with Gasteiger partial charge in [-0.1, -0.05) is 18.6 Å². The van der Waals surface area contributed by atoms with Gasteiger partial charge in [0.15, 0.2) is 0 Å². The fourth-order valence-corrected chi connectivity index (χ4v) is 4.52. The molecule has 0 aliphatic heterocycles. The highest BCUT2D eigenvalue weighted by Crippen LogP contribution is 2.52. The summed E-state index contributed by atoms with van der Waals surface area (Å²) in [6.45, 7) is 3.15. The molecule has 0 aromatic heterocycles. The minimum atomic E-state index is 0.462. The number of hydrogen-bond acceptors (Lipinski definition) is 2. The van der Waals surface area contributed by atoms with Gasteiger partial charge in [-0.15, -0.1) is 0 Å². The Morgan fingerprint density at radius 3 is 2.70 bits per heavy atom. The number of benzene rings is 1. The second-order valence-electron chi connectivity index (χ2n) is 7.25. The van der Waals surface area contributed by atoms with Gasteiger partial charge in [-0.2, -0.15) is 0 Å². The number of aryl methyl sites for hydroxylation is 1. The van der Waals surface area contributed by atoms with E-state index in [0.717, 1.165) is 23.3 Å². The van der Waals surface area contributed by atoms with Crippen molar-refractivity contribution >= 4 is 0 Å². The van der Waals surface area contributed by atoms with E-state index < -0.39 is 0 Å². The molecule has 20 heavy (non-hydrogen) atoms. The number of hydrogen-bond donors (Lipinski definition) is 1. The lowest BCUT2D eigenvalue weighted by Gasteiger charge is -2.38. The highest BCUT2D eigenvalue weighted by molar-refractivity contribution is 5.37. The maximum Gasteiger partial charge on any atom is 0.118 e. The van der Waals surface area contributed by atoms with Crippen LogP contribution in [-0.4, -0.2) is 30.6 Å². The van der Waals surface area contributed by atoms with E-state index >= 15 is 0 Å². The summed E-state index contributed by atoms with van der Waals surface area (Å²) in [7, 11) is 4.37. The molecule has 110 valence electrons. The SMILES string of the molecule is Cc1ccc(C2C[C@@H]3CC[C@@H](C3)[C@@H]2CN(C)C)cc1O. The molecule has 4 atom stereocenters. The molecule has 1 unspecified atom stereocenters. The van der Waals surface area contributed by atoms with Gasteiger partial charge in [0.25, 0.3) is 0 Å². The third-order valence-corrected chi connectivity index (χ3v) is 5.53. The predicted octanol–water partition coefficient (Wildman–Crippen LogP) is 3.78. The largest absolute Gasteiger partial charge is 0.508 e. The van der Waals surface area contributed by atoms with Crippen LogP contribution in [0.25, 0.3) is 0 Å². The second-order valence-corrected chi connectivity index (χ2v) is 7.25. The minimum Gasteiger partial charge on any atom is -0.508 e. The van der Waals surface area contributed by atoms with Crippen molar-refractivity contribution in [3.8, 4) is 5.75 Å². The molecular formula is C18H27NO. The average molecular weight is 273 g/mol. The first kappa shape index (κ1) is 13.9. The molecule has 0 heterocycles. The summed E-state index contributed by atoms with van der Waals surface area (Å²) in [5.74, 6) is 3.67. The van der Waals surface area contributed by atoms with E-state index in [-0.39, 0.29) is 0 Å². The third-order valence-electron chi connectivity index (χ3n) is 5.53. The molecule has 2 fully saturated rings. The van der Waals surface area contributed by atoms with E-state index in [1.54, 1.807) is 0 Å². The Morgan fingerprint density at radius 1 is 1.20 bits per heavy atom. The molecule has 2 saturated carbocycles. The molecule has 2 nitrogen and oxygen atoms in total. The van der Waals surface area contributed by atoms with E-state index in [4.69, 9.17) is 0 Å². The minimum absolute atomic E-state index is 0.462. The number of nitrogens with zero attached hydrogens (tertiary/aromatic N) is 1. The van der Waals surface area contributed by atoms with Gasteiger partial charge in [0.05, 0.1) is 0 Å². The Labute approximate surface area is 122 Å². The van der Waals surface area contributed by atoms with Gasteiger partial charge in [-0.25, -0.2) is 0 Å². The van der Waals surface area contributed by atoms with Crippen LogP contribution in [0.15, 0.2) is 18.2 Å². The fourth-order valence-electron chi connectivity index (χ4n) is 4.52. The van der Waals surface area contributed by atoms with E-state index in [9.17, 15) is 5.11 Å². The monoisotopic (exact) mass is 273 g/mol. The van der Waals surface area contributed by atoms with Crippen LogP contribution in [0.5, 0.6) is 5.75 Å². The van der Waals surface area contributed by atoms with Crippen molar-refractivity contribution in [2.45, 2.75) is 38.5 Å². The lowest BCUT2D eigenvalue weighted by molar-refractivity contribution is 0.165. The Hall–Kier alpha value is -1.02. The summed E-state index contributed by atoms with van der Waals surface area (Å²) in [5, 5.41) is 10.0. The molecule has 3 rings (SSSR count). The summed E-state index contributed by atoms with van der Waals surface area (Å²) in [6, 6.07) is 6.34. The number of phenolic OH excluding ortho intramolecular Hbond substituents is 1. The first-order valence-corrected chi connectivity index (χ1v) is 7.99. The van der Waals surface area contributed by atoms with Gasteiger partial charge >= 0.3 is 0 Å². The fraction of sp³-hybridized carbons (Fsp3) is 0.667. The molecule has 2 heteroatoms. The number of aromatic hydroxyl groups is 1. The van der Waals surface area contributed by atoms with Crippen LogP contribution in [-0.2, 0) is 0 Å². The molecule has 2 bridgehead atoms. The van der Waals surface area contributed by atoms with Crippen LogP contribution in [0.3, 0.4) is 0 Å². The summed E-state index contributed by atoms with van der Waals surface area (Å²) in [6.07, 6.45) is 5.59. The molecule has 0 saturated heterocycles. The van der Waals surface area contributed by atoms with Crippen molar-refractivity contribution in [3.05, 3.63) is 29.3 Å². The second kappa shape index (κ2) is 5.40. The Balaban J connectivity index is 1.89. The molecule has 1 aromatic carbocycles. The topological polar surface area (TPSA) is 23.5 Å². The Morgan fingerprint density at radius 2 is 2.00 bits per heavy atom. The highest BCUT2D eigenvalue weighted by atomic mass is 16.3. The summed E-state index contributed by atoms with van der Waals surface area (Å²) in [4.78, 5) is 2.34. The lowest BCUT2D eigenvalue weighted by Crippen LogP contribution is -2.34. The van der Waals surface area contributed by atoms with Crippen molar-refractivity contribution in [2.75, 3.05) is 20.6 Å². The zero-order valence-corrected chi connectivity index (χ0v) is 13.0. The van der Waals surface area contributed by atoms with Crippen LogP contribution in [0.4, 0.5) is 0 Å². The maximum absolute atomic E-state index is 10.0. The number of phenols is 1. The molecule has 1 N–H and O–H groups in total. The van der Waals surface area contributed by atoms with Crippen LogP contribution in [0, 0.1) is 24.7 Å². The van der Waals surface area contributed by atoms with Crippen molar-refractivity contribution in [3.63, 3.8) is 0 Å². The van der Waals surface area contributed by atoms with E-state index in [1.165, 1.54) is 37.8 Å². The van der Waals surface area contributed by atoms with Crippen LogP contribution < -0.4 is 0 Å². The zero-order chi connectivity index (χ0) is 14.3. The molecule has 1 aromatic rings. The normalized spacial score (nSPS) is 32.8. The predicted molar refractivity (Wildman–Crippen MR) is 83.1 cm³/mol.